The second-order valence-corrected chi connectivity index (χ2v) is 9.83. The number of carboxylic acids is 1. The van der Waals surface area contributed by atoms with E-state index in [-0.39, 0.29) is 26.6 Å². The van der Waals surface area contributed by atoms with Gasteiger partial charge in [-0.15, -0.1) is 0 Å². The Labute approximate surface area is 190 Å². The van der Waals surface area contributed by atoms with Crippen molar-refractivity contribution in [3.63, 3.8) is 0 Å². The summed E-state index contributed by atoms with van der Waals surface area (Å²) < 4.78 is 30.4. The van der Waals surface area contributed by atoms with Crippen LogP contribution in [0.3, 0.4) is 0 Å². The molecule has 1 unspecified atom stereocenters. The second kappa shape index (κ2) is 8.38. The monoisotopic (exact) mass is 466 g/mol. The van der Waals surface area contributed by atoms with E-state index >= 15 is 8.78 Å². The summed E-state index contributed by atoms with van der Waals surface area (Å²) >= 11 is 11.9. The maximum atomic E-state index is 15.2. The van der Waals surface area contributed by atoms with Crippen molar-refractivity contribution in [2.24, 2.45) is 5.41 Å². The Morgan fingerprint density at radius 3 is 2.48 bits per heavy atom. The van der Waals surface area contributed by atoms with E-state index in [0.717, 1.165) is 6.07 Å². The standard InChI is InChI=1S/C23H22Cl2F2N2O2/c1-22(2,3)11-17-23(28-4,14-9-8-12(24)10-16(14)26)18(20(29-17)21(30)31)13-6-5-7-15(25)19(13)27/h5-10,17-18,20,29H,11H2,1-3H3,(H,30,31)/t17-,18-,20?,23+/m0/s1. The normalized spacial score (nSPS) is 25.9. The molecule has 1 aliphatic rings. The Balaban J connectivity index is 2.38. The van der Waals surface area contributed by atoms with Crippen molar-refractivity contribution in [2.45, 2.75) is 50.7 Å². The molecule has 0 amide bonds. The molecule has 31 heavy (non-hydrogen) atoms. The molecule has 1 aliphatic heterocycles. The van der Waals surface area contributed by atoms with Gasteiger partial charge < -0.3 is 9.95 Å². The summed E-state index contributed by atoms with van der Waals surface area (Å²) in [4.78, 5) is 16.1. The van der Waals surface area contributed by atoms with Crippen molar-refractivity contribution in [2.75, 3.05) is 0 Å². The molecule has 2 aromatic rings. The lowest BCUT2D eigenvalue weighted by Crippen LogP contribution is -2.43. The maximum Gasteiger partial charge on any atom is 0.321 e. The summed E-state index contributed by atoms with van der Waals surface area (Å²) in [6.07, 6.45) is 0.347. The fourth-order valence-corrected chi connectivity index (χ4v) is 4.85. The Bertz CT molecular complexity index is 1060. The Kier molecular flexibility index (Phi) is 6.35. The molecule has 4 atom stereocenters. The molecular formula is C23H22Cl2F2N2O2. The summed E-state index contributed by atoms with van der Waals surface area (Å²) in [5.41, 5.74) is -2.14. The lowest BCUT2D eigenvalue weighted by atomic mass is 9.68. The molecule has 2 N–H and O–H groups in total. The van der Waals surface area contributed by atoms with Crippen LogP contribution in [0, 0.1) is 23.6 Å². The third kappa shape index (κ3) is 4.15. The highest BCUT2D eigenvalue weighted by molar-refractivity contribution is 6.31. The van der Waals surface area contributed by atoms with E-state index in [1.807, 2.05) is 20.8 Å². The number of hydrogen-bond acceptors (Lipinski definition) is 2. The van der Waals surface area contributed by atoms with Crippen molar-refractivity contribution in [1.29, 1.82) is 0 Å². The van der Waals surface area contributed by atoms with Crippen molar-refractivity contribution < 1.29 is 18.7 Å². The lowest BCUT2D eigenvalue weighted by molar-refractivity contribution is -0.139. The summed E-state index contributed by atoms with van der Waals surface area (Å²) in [5, 5.41) is 12.9. The predicted molar refractivity (Wildman–Crippen MR) is 116 cm³/mol. The second-order valence-electron chi connectivity index (χ2n) is 8.98. The van der Waals surface area contributed by atoms with E-state index in [4.69, 9.17) is 29.8 Å². The van der Waals surface area contributed by atoms with E-state index in [2.05, 4.69) is 10.2 Å². The molecule has 0 spiro atoms. The largest absolute Gasteiger partial charge is 0.480 e. The minimum absolute atomic E-state index is 0.0261. The lowest BCUT2D eigenvalue weighted by Gasteiger charge is -2.33. The van der Waals surface area contributed by atoms with E-state index in [1.54, 1.807) is 0 Å². The summed E-state index contributed by atoms with van der Waals surface area (Å²) in [7, 11) is 0. The highest BCUT2D eigenvalue weighted by Crippen LogP contribution is 2.53. The van der Waals surface area contributed by atoms with Gasteiger partial charge in [0.05, 0.1) is 22.5 Å². The molecule has 164 valence electrons. The zero-order valence-corrected chi connectivity index (χ0v) is 18.7. The molecule has 0 aliphatic carbocycles. The molecule has 4 nitrogen and oxygen atoms in total. The molecule has 0 radical (unpaired) electrons. The van der Waals surface area contributed by atoms with Gasteiger partial charge in [0.1, 0.15) is 17.7 Å². The van der Waals surface area contributed by atoms with Gasteiger partial charge in [-0.25, -0.2) is 15.4 Å². The van der Waals surface area contributed by atoms with Gasteiger partial charge in [0.2, 0.25) is 0 Å². The number of hydrogen-bond donors (Lipinski definition) is 2. The van der Waals surface area contributed by atoms with Gasteiger partial charge in [-0.3, -0.25) is 10.1 Å². The van der Waals surface area contributed by atoms with Crippen LogP contribution in [0.5, 0.6) is 0 Å². The molecule has 1 fully saturated rings. The highest BCUT2D eigenvalue weighted by Gasteiger charge is 2.66. The van der Waals surface area contributed by atoms with Crippen LogP contribution in [0.1, 0.15) is 44.2 Å². The van der Waals surface area contributed by atoms with Gasteiger partial charge in [0.15, 0.2) is 0 Å². The van der Waals surface area contributed by atoms with Gasteiger partial charge in [-0.05, 0) is 36.1 Å². The quantitative estimate of drug-likeness (QED) is 0.540. The number of nitrogens with one attached hydrogen (secondary N) is 1. The Morgan fingerprint density at radius 1 is 1.26 bits per heavy atom. The minimum Gasteiger partial charge on any atom is -0.480 e. The zero-order valence-electron chi connectivity index (χ0n) is 17.2. The van der Waals surface area contributed by atoms with Crippen LogP contribution in [0.4, 0.5) is 8.78 Å². The first-order valence-electron chi connectivity index (χ1n) is 9.69. The molecule has 1 saturated heterocycles. The van der Waals surface area contributed by atoms with Gasteiger partial charge >= 0.3 is 5.97 Å². The van der Waals surface area contributed by atoms with Crippen LogP contribution >= 0.6 is 23.2 Å². The van der Waals surface area contributed by atoms with E-state index in [1.165, 1.54) is 30.3 Å². The van der Waals surface area contributed by atoms with Crippen LogP contribution in [0.25, 0.3) is 4.85 Å². The molecule has 0 aromatic heterocycles. The van der Waals surface area contributed by atoms with Crippen LogP contribution < -0.4 is 5.32 Å². The molecule has 8 heteroatoms. The fourth-order valence-electron chi connectivity index (χ4n) is 4.51. The third-order valence-electron chi connectivity index (χ3n) is 5.67. The molecule has 3 rings (SSSR count). The Hall–Kier alpha value is -2.20. The number of carbonyl (C=O) groups is 1. The first-order valence-corrected chi connectivity index (χ1v) is 10.4. The van der Waals surface area contributed by atoms with Crippen LogP contribution in [0.2, 0.25) is 10.0 Å². The molecule has 0 bridgehead atoms. The van der Waals surface area contributed by atoms with Gasteiger partial charge in [-0.1, -0.05) is 56.1 Å². The first kappa shape index (κ1) is 23.5. The van der Waals surface area contributed by atoms with Crippen molar-refractivity contribution in [1.82, 2.24) is 5.32 Å². The summed E-state index contributed by atoms with van der Waals surface area (Å²) in [6, 6.07) is 6.04. The molecule has 1 heterocycles. The summed E-state index contributed by atoms with van der Waals surface area (Å²) in [6.45, 7) is 14.0. The average molecular weight is 467 g/mol. The number of nitrogens with zero attached hydrogens (tertiary/aromatic N) is 1. The van der Waals surface area contributed by atoms with E-state index in [9.17, 15) is 9.90 Å². The van der Waals surface area contributed by atoms with E-state index < -0.39 is 41.1 Å². The highest BCUT2D eigenvalue weighted by atomic mass is 35.5. The summed E-state index contributed by atoms with van der Waals surface area (Å²) in [5.74, 6) is -4.06. The van der Waals surface area contributed by atoms with Gasteiger partial charge in [0.25, 0.3) is 5.54 Å². The predicted octanol–water partition coefficient (Wildman–Crippen LogP) is 6.03. The fraction of sp³-hybridized carbons (Fsp3) is 0.391. The number of carboxylic acid groups (broad SMARTS) is 1. The van der Waals surface area contributed by atoms with Crippen molar-refractivity contribution in [3.8, 4) is 0 Å². The van der Waals surface area contributed by atoms with Crippen molar-refractivity contribution in [3.05, 3.63) is 80.6 Å². The smallest absolute Gasteiger partial charge is 0.321 e. The number of halogens is 4. The number of benzene rings is 2. The maximum absolute atomic E-state index is 15.2. The van der Waals surface area contributed by atoms with E-state index in [0.29, 0.717) is 6.42 Å². The first-order chi connectivity index (χ1) is 14.4. The SMILES string of the molecule is [C-]#[N+][C@]1(c2ccc(Cl)cc2F)[C@H](CC(C)(C)C)NC(C(=O)O)[C@@H]1c1cccc(Cl)c1F. The average Bonchev–Trinajstić information content (AvgIpc) is 2.97. The zero-order chi connectivity index (χ0) is 23.1. The topological polar surface area (TPSA) is 53.7 Å². The third-order valence-corrected chi connectivity index (χ3v) is 6.19. The minimum atomic E-state index is -1.74. The van der Waals surface area contributed by atoms with Crippen molar-refractivity contribution >= 4 is 29.2 Å². The molecule has 2 aromatic carbocycles. The van der Waals surface area contributed by atoms with Crippen LogP contribution in [0.15, 0.2) is 36.4 Å². The van der Waals surface area contributed by atoms with Crippen LogP contribution in [-0.2, 0) is 10.3 Å². The van der Waals surface area contributed by atoms with Gasteiger partial charge in [0, 0.05) is 10.6 Å². The number of rotatable bonds is 4. The molecule has 0 saturated carbocycles. The Morgan fingerprint density at radius 2 is 1.94 bits per heavy atom. The number of aliphatic carboxylic acids is 1. The molecular weight excluding hydrogens is 445 g/mol. The van der Waals surface area contributed by atoms with Gasteiger partial charge in [-0.2, -0.15) is 0 Å². The van der Waals surface area contributed by atoms with Crippen LogP contribution in [-0.4, -0.2) is 23.2 Å².